The van der Waals surface area contributed by atoms with Crippen LogP contribution in [0.15, 0.2) is 12.1 Å². The lowest BCUT2D eigenvalue weighted by molar-refractivity contribution is -0.0502. The van der Waals surface area contributed by atoms with Crippen LogP contribution >= 0.6 is 0 Å². The van der Waals surface area contributed by atoms with E-state index in [2.05, 4.69) is 4.74 Å². The Kier molecular flexibility index (Phi) is 4.19. The van der Waals surface area contributed by atoms with Crippen LogP contribution in [0.4, 0.5) is 17.6 Å². The molecule has 92 valence electrons. The van der Waals surface area contributed by atoms with E-state index in [0.717, 1.165) is 6.07 Å². The highest BCUT2D eigenvalue weighted by molar-refractivity contribution is 5.86. The molecule has 1 aromatic rings. The smallest absolute Gasteiger partial charge is 0.387 e. The van der Waals surface area contributed by atoms with Crippen molar-refractivity contribution >= 4 is 12.6 Å². The summed E-state index contributed by atoms with van der Waals surface area (Å²) in [5.74, 6) is -0.684. The van der Waals surface area contributed by atoms with Crippen LogP contribution in [-0.4, -0.2) is 19.2 Å². The van der Waals surface area contributed by atoms with Crippen LogP contribution in [0.25, 0.3) is 0 Å². The second kappa shape index (κ2) is 5.42. The molecule has 0 spiro atoms. The van der Waals surface area contributed by atoms with Gasteiger partial charge in [0.05, 0.1) is 5.56 Å². The highest BCUT2D eigenvalue weighted by Gasteiger charge is 2.18. The third-order valence-corrected chi connectivity index (χ3v) is 1.92. The van der Waals surface area contributed by atoms with Gasteiger partial charge in [-0.3, -0.25) is 9.59 Å². The van der Waals surface area contributed by atoms with Gasteiger partial charge in [-0.05, 0) is 12.1 Å². The normalized spacial score (nSPS) is 10.7. The topological polar surface area (TPSA) is 43.4 Å². The number of halogens is 4. The molecular formula is C10H6F4O3. The zero-order valence-electron chi connectivity index (χ0n) is 8.20. The molecule has 7 heteroatoms. The molecule has 1 aromatic carbocycles. The van der Waals surface area contributed by atoms with Gasteiger partial charge in [-0.15, -0.1) is 0 Å². The molecule has 0 amide bonds. The van der Waals surface area contributed by atoms with Crippen LogP contribution in [0.3, 0.4) is 0 Å². The summed E-state index contributed by atoms with van der Waals surface area (Å²) in [6.45, 7) is -3.25. The molecule has 17 heavy (non-hydrogen) atoms. The van der Waals surface area contributed by atoms with E-state index in [1.54, 1.807) is 0 Å². The van der Waals surface area contributed by atoms with Crippen LogP contribution in [0, 0.1) is 0 Å². The number of hydrogen-bond acceptors (Lipinski definition) is 3. The molecule has 0 aromatic heterocycles. The number of hydrogen-bond donors (Lipinski definition) is 0. The highest BCUT2D eigenvalue weighted by Crippen LogP contribution is 2.29. The van der Waals surface area contributed by atoms with Crippen molar-refractivity contribution in [3.05, 3.63) is 28.8 Å². The monoisotopic (exact) mass is 250 g/mol. The molecule has 0 bridgehead atoms. The molecule has 0 saturated heterocycles. The molecule has 0 fully saturated rings. The Morgan fingerprint density at radius 3 is 2.00 bits per heavy atom. The van der Waals surface area contributed by atoms with Gasteiger partial charge in [0.25, 0.3) is 6.43 Å². The molecule has 0 saturated carbocycles. The maximum absolute atomic E-state index is 12.5. The van der Waals surface area contributed by atoms with E-state index < -0.39 is 35.5 Å². The SMILES string of the molecule is O=Cc1cc(C=O)c(C(F)F)cc1OC(F)F. The van der Waals surface area contributed by atoms with Gasteiger partial charge < -0.3 is 4.74 Å². The van der Waals surface area contributed by atoms with Crippen LogP contribution in [0.5, 0.6) is 5.75 Å². The zero-order valence-corrected chi connectivity index (χ0v) is 8.20. The van der Waals surface area contributed by atoms with Crippen LogP contribution in [-0.2, 0) is 0 Å². The van der Waals surface area contributed by atoms with E-state index >= 15 is 0 Å². The second-order valence-corrected chi connectivity index (χ2v) is 2.93. The predicted octanol–water partition coefficient (Wildman–Crippen LogP) is 2.85. The fraction of sp³-hybridized carbons (Fsp3) is 0.200. The van der Waals surface area contributed by atoms with E-state index in [9.17, 15) is 27.2 Å². The lowest BCUT2D eigenvalue weighted by Crippen LogP contribution is -2.06. The van der Waals surface area contributed by atoms with Gasteiger partial charge in [-0.1, -0.05) is 0 Å². The molecule has 1 rings (SSSR count). The van der Waals surface area contributed by atoms with Crippen LogP contribution < -0.4 is 4.74 Å². The van der Waals surface area contributed by atoms with Gasteiger partial charge in [0.15, 0.2) is 12.6 Å². The lowest BCUT2D eigenvalue weighted by Gasteiger charge is -2.11. The molecule has 0 atom stereocenters. The van der Waals surface area contributed by atoms with Crippen molar-refractivity contribution in [1.29, 1.82) is 0 Å². The van der Waals surface area contributed by atoms with Gasteiger partial charge in [0.1, 0.15) is 5.75 Å². The molecule has 0 radical (unpaired) electrons. The van der Waals surface area contributed by atoms with E-state index in [4.69, 9.17) is 0 Å². The Hall–Kier alpha value is -1.92. The van der Waals surface area contributed by atoms with Crippen LogP contribution in [0.1, 0.15) is 32.7 Å². The highest BCUT2D eigenvalue weighted by atomic mass is 19.3. The number of aldehydes is 2. The molecule has 3 nitrogen and oxygen atoms in total. The summed E-state index contributed by atoms with van der Waals surface area (Å²) >= 11 is 0. The maximum atomic E-state index is 12.5. The molecule has 0 aliphatic carbocycles. The lowest BCUT2D eigenvalue weighted by atomic mass is 10.0. The quantitative estimate of drug-likeness (QED) is 0.596. The standard InChI is InChI=1S/C10H6F4O3/c11-9(12)7-2-8(17-10(13)14)6(4-16)1-5(7)3-15/h1-4,9-10H. The van der Waals surface area contributed by atoms with E-state index in [1.807, 2.05) is 0 Å². The van der Waals surface area contributed by atoms with E-state index in [1.165, 1.54) is 0 Å². The van der Waals surface area contributed by atoms with Crippen molar-refractivity contribution in [2.24, 2.45) is 0 Å². The first kappa shape index (κ1) is 13.1. The zero-order chi connectivity index (χ0) is 13.0. The number of rotatable bonds is 5. The van der Waals surface area contributed by atoms with Crippen molar-refractivity contribution in [2.75, 3.05) is 0 Å². The number of benzene rings is 1. The summed E-state index contributed by atoms with van der Waals surface area (Å²) in [6.07, 6.45) is -2.78. The second-order valence-electron chi connectivity index (χ2n) is 2.93. The Morgan fingerprint density at radius 1 is 1.00 bits per heavy atom. The van der Waals surface area contributed by atoms with Crippen molar-refractivity contribution in [3.63, 3.8) is 0 Å². The number of ether oxygens (including phenoxy) is 1. The van der Waals surface area contributed by atoms with Gasteiger partial charge in [-0.25, -0.2) is 8.78 Å². The van der Waals surface area contributed by atoms with Gasteiger partial charge in [-0.2, -0.15) is 8.78 Å². The minimum Gasteiger partial charge on any atom is -0.434 e. The minimum absolute atomic E-state index is 0.112. The summed E-state index contributed by atoms with van der Waals surface area (Å²) in [7, 11) is 0. The Morgan fingerprint density at radius 2 is 1.59 bits per heavy atom. The first-order valence-corrected chi connectivity index (χ1v) is 4.30. The van der Waals surface area contributed by atoms with Crippen molar-refractivity contribution in [2.45, 2.75) is 13.0 Å². The minimum atomic E-state index is -3.25. The summed E-state index contributed by atoms with van der Waals surface area (Å²) in [5.41, 5.74) is -1.60. The van der Waals surface area contributed by atoms with E-state index in [0.29, 0.717) is 6.07 Å². The maximum Gasteiger partial charge on any atom is 0.387 e. The summed E-state index contributed by atoms with van der Waals surface area (Å²) < 4.78 is 52.8. The number of alkyl halides is 4. The first-order chi connectivity index (χ1) is 7.99. The third kappa shape index (κ3) is 3.02. The fourth-order valence-corrected chi connectivity index (χ4v) is 1.21. The average Bonchev–Trinajstić information content (AvgIpc) is 2.27. The first-order valence-electron chi connectivity index (χ1n) is 4.30. The number of carbonyl (C=O) groups excluding carboxylic acids is 2. The average molecular weight is 250 g/mol. The number of carbonyl (C=O) groups is 2. The Balaban J connectivity index is 3.33. The Bertz CT molecular complexity index is 432. The molecular weight excluding hydrogens is 244 g/mol. The summed E-state index contributed by atoms with van der Waals surface area (Å²) in [6, 6.07) is 1.34. The molecule has 0 aliphatic heterocycles. The fourth-order valence-electron chi connectivity index (χ4n) is 1.21. The summed E-state index contributed by atoms with van der Waals surface area (Å²) in [4.78, 5) is 21.0. The third-order valence-electron chi connectivity index (χ3n) is 1.92. The Labute approximate surface area is 93.0 Å². The van der Waals surface area contributed by atoms with Gasteiger partial charge in [0, 0.05) is 11.1 Å². The molecule has 0 aliphatic rings. The predicted molar refractivity (Wildman–Crippen MR) is 48.8 cm³/mol. The van der Waals surface area contributed by atoms with Crippen molar-refractivity contribution in [3.8, 4) is 5.75 Å². The van der Waals surface area contributed by atoms with Crippen molar-refractivity contribution in [1.82, 2.24) is 0 Å². The van der Waals surface area contributed by atoms with Crippen molar-refractivity contribution < 1.29 is 31.9 Å². The molecule has 0 unspecified atom stereocenters. The van der Waals surface area contributed by atoms with Crippen LogP contribution in [0.2, 0.25) is 0 Å². The van der Waals surface area contributed by atoms with E-state index in [-0.39, 0.29) is 12.6 Å². The summed E-state index contributed by atoms with van der Waals surface area (Å²) in [5, 5.41) is 0. The largest absolute Gasteiger partial charge is 0.434 e. The van der Waals surface area contributed by atoms with Gasteiger partial charge in [0.2, 0.25) is 0 Å². The van der Waals surface area contributed by atoms with Gasteiger partial charge >= 0.3 is 6.61 Å². The molecule has 0 heterocycles. The molecule has 0 N–H and O–H groups in total.